The Hall–Kier alpha value is -1.13. The third kappa shape index (κ3) is 5.70. The molecule has 154 valence electrons. The molecule has 1 saturated heterocycles. The number of oxazole rings is 1. The summed E-state index contributed by atoms with van der Waals surface area (Å²) in [6, 6.07) is 9.03. The van der Waals surface area contributed by atoms with E-state index < -0.39 is 0 Å². The second kappa shape index (κ2) is 10.6. The van der Waals surface area contributed by atoms with E-state index in [1.54, 1.807) is 0 Å². The summed E-state index contributed by atoms with van der Waals surface area (Å²) in [4.78, 5) is 13.7. The van der Waals surface area contributed by atoms with Crippen LogP contribution in [-0.4, -0.2) is 54.0 Å². The van der Waals surface area contributed by atoms with E-state index in [9.17, 15) is 0 Å². The average Bonchev–Trinajstić information content (AvgIpc) is 3.00. The Morgan fingerprint density at radius 2 is 1.86 bits per heavy atom. The quantitative estimate of drug-likeness (QED) is 0.346. The van der Waals surface area contributed by atoms with Crippen LogP contribution in [0.25, 0.3) is 0 Å². The monoisotopic (exact) mass is 561 g/mol. The Bertz CT molecular complexity index is 765. The molecule has 0 aliphatic carbocycles. The molecule has 6 nitrogen and oxygen atoms in total. The van der Waals surface area contributed by atoms with Gasteiger partial charge in [-0.2, -0.15) is 0 Å². The molecule has 2 aromatic rings. The Morgan fingerprint density at radius 1 is 1.21 bits per heavy atom. The van der Waals surface area contributed by atoms with Gasteiger partial charge in [-0.15, -0.1) is 24.0 Å². The van der Waals surface area contributed by atoms with Gasteiger partial charge in [0.1, 0.15) is 5.76 Å². The molecule has 0 radical (unpaired) electrons. The summed E-state index contributed by atoms with van der Waals surface area (Å²) in [5.41, 5.74) is 2.29. The number of halogens is 2. The molecule has 1 aromatic carbocycles. The lowest BCUT2D eigenvalue weighted by molar-refractivity contribution is 0.138. The van der Waals surface area contributed by atoms with Crippen LogP contribution < -0.4 is 5.32 Å². The van der Waals surface area contributed by atoms with Gasteiger partial charge in [0.25, 0.3) is 0 Å². The van der Waals surface area contributed by atoms with E-state index in [-0.39, 0.29) is 24.0 Å². The first-order valence-electron chi connectivity index (χ1n) is 9.36. The first-order valence-corrected chi connectivity index (χ1v) is 10.1. The van der Waals surface area contributed by atoms with Crippen LogP contribution in [-0.2, 0) is 6.54 Å². The topological polar surface area (TPSA) is 56.9 Å². The Balaban J connectivity index is 0.00000280. The molecule has 1 atom stereocenters. The van der Waals surface area contributed by atoms with Gasteiger partial charge in [0.15, 0.2) is 5.96 Å². The van der Waals surface area contributed by atoms with Crippen LogP contribution in [0.3, 0.4) is 0 Å². The van der Waals surface area contributed by atoms with Crippen LogP contribution in [0.15, 0.2) is 38.1 Å². The molecule has 0 saturated carbocycles. The maximum absolute atomic E-state index is 5.64. The molecule has 1 N–H and O–H groups in total. The Labute approximate surface area is 192 Å². The van der Waals surface area contributed by atoms with Gasteiger partial charge < -0.3 is 14.6 Å². The van der Waals surface area contributed by atoms with Gasteiger partial charge in [-0.05, 0) is 38.5 Å². The van der Waals surface area contributed by atoms with E-state index >= 15 is 0 Å². The summed E-state index contributed by atoms with van der Waals surface area (Å²) in [5, 5.41) is 3.37. The fourth-order valence-electron chi connectivity index (χ4n) is 3.37. The number of nitrogens with one attached hydrogen (secondary N) is 1. The number of nitrogens with zero attached hydrogens (tertiary/aromatic N) is 4. The molecule has 1 unspecified atom stereocenters. The molecule has 1 aliphatic rings. The van der Waals surface area contributed by atoms with Gasteiger partial charge >= 0.3 is 0 Å². The Kier molecular flexibility index (Phi) is 8.76. The molecule has 1 aromatic heterocycles. The molecule has 1 aliphatic heterocycles. The van der Waals surface area contributed by atoms with Crippen molar-refractivity contribution in [3.05, 3.63) is 51.6 Å². The van der Waals surface area contributed by atoms with Crippen molar-refractivity contribution in [2.75, 3.05) is 33.2 Å². The zero-order valence-electron chi connectivity index (χ0n) is 16.9. The van der Waals surface area contributed by atoms with Crippen LogP contribution in [0.5, 0.6) is 0 Å². The predicted molar refractivity (Wildman–Crippen MR) is 127 cm³/mol. The van der Waals surface area contributed by atoms with E-state index in [0.29, 0.717) is 18.5 Å². The number of rotatable bonds is 4. The minimum Gasteiger partial charge on any atom is -0.444 e. The molecular weight excluding hydrogens is 533 g/mol. The number of aliphatic imine (C=N–C) groups is 1. The lowest BCUT2D eigenvalue weighted by Crippen LogP contribution is -2.52. The maximum atomic E-state index is 5.64. The third-order valence-corrected chi connectivity index (χ3v) is 5.72. The highest BCUT2D eigenvalue weighted by Crippen LogP contribution is 2.23. The highest BCUT2D eigenvalue weighted by molar-refractivity contribution is 14.0. The molecule has 8 heteroatoms. The van der Waals surface area contributed by atoms with Crippen molar-refractivity contribution in [3.8, 4) is 0 Å². The number of piperazine rings is 1. The standard InChI is InChI=1S/C20H28BrN5O.HI/c1-14-16(3)27-19(24-14)13-23-20(22-4)26-11-9-25(10-12-26)15(2)17-5-7-18(21)8-6-17;/h5-8,15H,9-13H2,1-4H3,(H,22,23);1H. The summed E-state index contributed by atoms with van der Waals surface area (Å²) >= 11 is 3.51. The summed E-state index contributed by atoms with van der Waals surface area (Å²) in [6.07, 6.45) is 0. The van der Waals surface area contributed by atoms with Gasteiger partial charge in [-0.25, -0.2) is 4.98 Å². The molecule has 0 bridgehead atoms. The smallest absolute Gasteiger partial charge is 0.214 e. The summed E-state index contributed by atoms with van der Waals surface area (Å²) in [5.74, 6) is 2.48. The van der Waals surface area contributed by atoms with E-state index in [2.05, 4.69) is 72.2 Å². The number of benzene rings is 1. The SMILES string of the molecule is CN=C(NCc1nc(C)c(C)o1)N1CCN(C(C)c2ccc(Br)cc2)CC1.I. The van der Waals surface area contributed by atoms with Crippen molar-refractivity contribution in [2.45, 2.75) is 33.4 Å². The minimum absolute atomic E-state index is 0. The highest BCUT2D eigenvalue weighted by Gasteiger charge is 2.24. The van der Waals surface area contributed by atoms with Crippen LogP contribution >= 0.6 is 39.9 Å². The second-order valence-corrected chi connectivity index (χ2v) is 7.82. The van der Waals surface area contributed by atoms with Crippen molar-refractivity contribution in [2.24, 2.45) is 4.99 Å². The summed E-state index contributed by atoms with van der Waals surface area (Å²) in [7, 11) is 1.82. The molecule has 1 fully saturated rings. The van der Waals surface area contributed by atoms with Crippen molar-refractivity contribution in [3.63, 3.8) is 0 Å². The lowest BCUT2D eigenvalue weighted by Gasteiger charge is -2.39. The van der Waals surface area contributed by atoms with Crippen LogP contribution in [0.1, 0.15) is 35.9 Å². The third-order valence-electron chi connectivity index (χ3n) is 5.20. The first-order chi connectivity index (χ1) is 13.0. The summed E-state index contributed by atoms with van der Waals surface area (Å²) in [6.45, 7) is 10.6. The molecule has 2 heterocycles. The van der Waals surface area contributed by atoms with Gasteiger partial charge in [0.2, 0.25) is 5.89 Å². The van der Waals surface area contributed by atoms with E-state index in [1.807, 2.05) is 20.9 Å². The molecule has 28 heavy (non-hydrogen) atoms. The first kappa shape index (κ1) is 23.2. The van der Waals surface area contributed by atoms with E-state index in [0.717, 1.165) is 48.1 Å². The summed E-state index contributed by atoms with van der Waals surface area (Å²) < 4.78 is 6.76. The molecular formula is C20H29BrIN5O. The Morgan fingerprint density at radius 3 is 2.39 bits per heavy atom. The molecule has 3 rings (SSSR count). The van der Waals surface area contributed by atoms with Gasteiger partial charge in [0.05, 0.1) is 12.2 Å². The fourth-order valence-corrected chi connectivity index (χ4v) is 3.64. The number of hydrogen-bond acceptors (Lipinski definition) is 4. The van der Waals surface area contributed by atoms with E-state index in [4.69, 9.17) is 4.42 Å². The number of hydrogen-bond donors (Lipinski definition) is 1. The normalized spacial score (nSPS) is 16.6. The van der Waals surface area contributed by atoms with Crippen molar-refractivity contribution in [1.29, 1.82) is 0 Å². The minimum atomic E-state index is 0. The highest BCUT2D eigenvalue weighted by atomic mass is 127. The largest absolute Gasteiger partial charge is 0.444 e. The van der Waals surface area contributed by atoms with Crippen LogP contribution in [0.2, 0.25) is 0 Å². The molecule has 0 spiro atoms. The second-order valence-electron chi connectivity index (χ2n) is 6.90. The van der Waals surface area contributed by atoms with Crippen LogP contribution in [0.4, 0.5) is 0 Å². The van der Waals surface area contributed by atoms with Crippen LogP contribution in [0, 0.1) is 13.8 Å². The maximum Gasteiger partial charge on any atom is 0.214 e. The van der Waals surface area contributed by atoms with Gasteiger partial charge in [0, 0.05) is 43.7 Å². The number of aryl methyl sites for hydroxylation is 2. The average molecular weight is 562 g/mol. The van der Waals surface area contributed by atoms with Gasteiger partial charge in [-0.3, -0.25) is 9.89 Å². The number of aromatic nitrogens is 1. The fraction of sp³-hybridized carbons (Fsp3) is 0.500. The zero-order valence-corrected chi connectivity index (χ0v) is 20.8. The lowest BCUT2D eigenvalue weighted by atomic mass is 10.1. The number of guanidine groups is 1. The van der Waals surface area contributed by atoms with Crippen molar-refractivity contribution >= 4 is 45.9 Å². The van der Waals surface area contributed by atoms with Gasteiger partial charge in [-0.1, -0.05) is 28.1 Å². The zero-order chi connectivity index (χ0) is 19.4. The predicted octanol–water partition coefficient (Wildman–Crippen LogP) is 4.13. The van der Waals surface area contributed by atoms with Crippen molar-refractivity contribution in [1.82, 2.24) is 20.1 Å². The molecule has 0 amide bonds. The van der Waals surface area contributed by atoms with E-state index in [1.165, 1.54) is 5.56 Å². The van der Waals surface area contributed by atoms with Crippen molar-refractivity contribution < 1.29 is 4.42 Å².